The number of rotatable bonds is 2. The summed E-state index contributed by atoms with van der Waals surface area (Å²) >= 11 is 0. The first-order valence-corrected chi connectivity index (χ1v) is 11.9. The zero-order valence-electron chi connectivity index (χ0n) is 19.0. The van der Waals surface area contributed by atoms with Crippen molar-refractivity contribution in [1.29, 1.82) is 0 Å². The number of hydrogen-bond acceptors (Lipinski definition) is 6. The van der Waals surface area contributed by atoms with Gasteiger partial charge in [0, 0.05) is 30.6 Å². The van der Waals surface area contributed by atoms with Gasteiger partial charge in [-0.3, -0.25) is 10.00 Å². The average molecular weight is 461 g/mol. The molecule has 4 heterocycles. The van der Waals surface area contributed by atoms with Gasteiger partial charge in [0.05, 0.1) is 31.4 Å². The number of alkyl carbamates (subject to hydrolysis) is 1. The van der Waals surface area contributed by atoms with Crippen LogP contribution < -0.4 is 10.1 Å². The Labute approximate surface area is 197 Å². The molecular formula is C26H28N4O4. The summed E-state index contributed by atoms with van der Waals surface area (Å²) in [5.41, 5.74) is 6.22. The number of cyclic esters (lactones) is 1. The highest BCUT2D eigenvalue weighted by Crippen LogP contribution is 2.34. The molecule has 4 bridgehead atoms. The van der Waals surface area contributed by atoms with E-state index in [1.54, 1.807) is 0 Å². The van der Waals surface area contributed by atoms with Gasteiger partial charge in [0.25, 0.3) is 0 Å². The first-order valence-electron chi connectivity index (χ1n) is 11.9. The van der Waals surface area contributed by atoms with E-state index in [9.17, 15) is 4.79 Å². The fraction of sp³-hybridized carbons (Fsp3) is 0.385. The number of aromatic amines is 1. The number of aromatic nitrogens is 2. The number of hydrogen-bond donors (Lipinski definition) is 2. The largest absolute Gasteiger partial charge is 0.494 e. The first kappa shape index (κ1) is 21.2. The molecule has 3 aliphatic rings. The number of benzene rings is 2. The third kappa shape index (κ3) is 4.26. The third-order valence-corrected chi connectivity index (χ3v) is 6.78. The Morgan fingerprint density at radius 2 is 1.97 bits per heavy atom. The summed E-state index contributed by atoms with van der Waals surface area (Å²) < 4.78 is 16.8. The van der Waals surface area contributed by atoms with Gasteiger partial charge in [-0.05, 0) is 65.9 Å². The van der Waals surface area contributed by atoms with Crippen LogP contribution in [0.15, 0.2) is 42.5 Å². The second-order valence-electron chi connectivity index (χ2n) is 9.07. The molecule has 1 fully saturated rings. The summed E-state index contributed by atoms with van der Waals surface area (Å²) in [5, 5.41) is 11.6. The molecule has 0 aliphatic carbocycles. The van der Waals surface area contributed by atoms with E-state index in [1.807, 2.05) is 18.2 Å². The van der Waals surface area contributed by atoms with Crippen molar-refractivity contribution in [2.75, 3.05) is 39.5 Å². The molecule has 1 amide bonds. The van der Waals surface area contributed by atoms with E-state index in [2.05, 4.69) is 44.7 Å². The zero-order chi connectivity index (χ0) is 22.9. The minimum Gasteiger partial charge on any atom is -0.494 e. The number of carbonyl (C=O) groups excluding carboxylic acids is 1. The maximum absolute atomic E-state index is 12.2. The van der Waals surface area contributed by atoms with Crippen molar-refractivity contribution in [2.45, 2.75) is 25.5 Å². The molecule has 6 rings (SSSR count). The Bertz CT molecular complexity index is 1250. The van der Waals surface area contributed by atoms with Crippen LogP contribution in [-0.2, 0) is 16.1 Å². The minimum atomic E-state index is -0.417. The molecule has 34 heavy (non-hydrogen) atoms. The lowest BCUT2D eigenvalue weighted by Gasteiger charge is -2.38. The Morgan fingerprint density at radius 1 is 1.06 bits per heavy atom. The predicted octanol–water partition coefficient (Wildman–Crippen LogP) is 3.73. The Hall–Kier alpha value is -3.36. The molecular weight excluding hydrogens is 432 g/mol. The van der Waals surface area contributed by atoms with Crippen LogP contribution in [0.2, 0.25) is 0 Å². The fourth-order valence-corrected chi connectivity index (χ4v) is 4.77. The van der Waals surface area contributed by atoms with Gasteiger partial charge >= 0.3 is 6.09 Å². The maximum atomic E-state index is 12.2. The third-order valence-electron chi connectivity index (χ3n) is 6.78. The molecule has 3 aliphatic heterocycles. The maximum Gasteiger partial charge on any atom is 0.407 e. The fourth-order valence-electron chi connectivity index (χ4n) is 4.77. The molecule has 8 heteroatoms. The molecule has 2 N–H and O–H groups in total. The highest BCUT2D eigenvalue weighted by Gasteiger charge is 2.27. The second kappa shape index (κ2) is 9.12. The molecule has 0 saturated carbocycles. The van der Waals surface area contributed by atoms with Crippen LogP contribution in [0.4, 0.5) is 4.79 Å². The van der Waals surface area contributed by atoms with Crippen molar-refractivity contribution in [1.82, 2.24) is 20.4 Å². The van der Waals surface area contributed by atoms with E-state index >= 15 is 0 Å². The van der Waals surface area contributed by atoms with Crippen molar-refractivity contribution in [3.8, 4) is 17.0 Å². The monoisotopic (exact) mass is 460 g/mol. The normalized spacial score (nSPS) is 19.9. The van der Waals surface area contributed by atoms with Crippen LogP contribution >= 0.6 is 0 Å². The van der Waals surface area contributed by atoms with Gasteiger partial charge in [-0.15, -0.1) is 0 Å². The smallest absolute Gasteiger partial charge is 0.407 e. The summed E-state index contributed by atoms with van der Waals surface area (Å²) in [4.78, 5) is 14.7. The minimum absolute atomic E-state index is 0.204. The lowest BCUT2D eigenvalue weighted by molar-refractivity contribution is -0.0612. The molecule has 3 aromatic rings. The highest BCUT2D eigenvalue weighted by molar-refractivity contribution is 5.94. The van der Waals surface area contributed by atoms with E-state index in [-0.39, 0.29) is 6.61 Å². The van der Waals surface area contributed by atoms with Gasteiger partial charge in [0.1, 0.15) is 18.1 Å². The van der Waals surface area contributed by atoms with Crippen LogP contribution in [0.3, 0.4) is 0 Å². The molecule has 8 nitrogen and oxygen atoms in total. The van der Waals surface area contributed by atoms with E-state index in [0.717, 1.165) is 71.8 Å². The summed E-state index contributed by atoms with van der Waals surface area (Å²) in [6, 6.07) is 12.9. The van der Waals surface area contributed by atoms with E-state index in [1.165, 1.54) is 5.57 Å². The quantitative estimate of drug-likeness (QED) is 0.606. The average Bonchev–Trinajstić information content (AvgIpc) is 3.25. The summed E-state index contributed by atoms with van der Waals surface area (Å²) in [6.07, 6.45) is 3.57. The number of nitrogens with zero attached hydrogens (tertiary/aromatic N) is 2. The van der Waals surface area contributed by atoms with Gasteiger partial charge < -0.3 is 19.5 Å². The zero-order valence-corrected chi connectivity index (χ0v) is 19.0. The Kier molecular flexibility index (Phi) is 5.68. The standard InChI is InChI=1S/C26H28N4O4/c31-26-27-6-1-9-33-22-2-3-24-23(13-22)25(29-28-24)20-11-17(14-34-26)10-19(12-20)18-4-7-30(8-5-18)21-15-32-16-21/h2-4,10-13,21H,1,5-9,14-16H2,(H,27,31)(H,28,29). The number of carbonyl (C=O) groups is 1. The van der Waals surface area contributed by atoms with Gasteiger partial charge in [0.2, 0.25) is 0 Å². The van der Waals surface area contributed by atoms with E-state index in [0.29, 0.717) is 25.6 Å². The lowest BCUT2D eigenvalue weighted by Crippen LogP contribution is -2.50. The summed E-state index contributed by atoms with van der Waals surface area (Å²) in [5.74, 6) is 0.791. The van der Waals surface area contributed by atoms with Crippen molar-refractivity contribution >= 4 is 22.6 Å². The Balaban J connectivity index is 1.39. The molecule has 1 saturated heterocycles. The SMILES string of the molecule is O=C1NCCCOc2ccc3[nH]nc(c3c2)-c2cc(cc(C3=CCN(C4COC4)CC3)c2)CO1. The number of H-pyrrole nitrogens is 1. The molecule has 2 aromatic carbocycles. The predicted molar refractivity (Wildman–Crippen MR) is 129 cm³/mol. The van der Waals surface area contributed by atoms with Crippen molar-refractivity contribution < 1.29 is 19.0 Å². The number of ether oxygens (including phenoxy) is 3. The van der Waals surface area contributed by atoms with Crippen LogP contribution in [-0.4, -0.2) is 66.7 Å². The second-order valence-corrected chi connectivity index (χ2v) is 9.07. The van der Waals surface area contributed by atoms with Crippen molar-refractivity contribution in [3.63, 3.8) is 0 Å². The van der Waals surface area contributed by atoms with Crippen molar-refractivity contribution in [3.05, 3.63) is 53.6 Å². The topological polar surface area (TPSA) is 88.7 Å². The summed E-state index contributed by atoms with van der Waals surface area (Å²) in [6.45, 7) is 4.82. The number of amides is 1. The van der Waals surface area contributed by atoms with Crippen LogP contribution in [0.5, 0.6) is 5.75 Å². The van der Waals surface area contributed by atoms with Gasteiger partial charge in [-0.1, -0.05) is 6.08 Å². The lowest BCUT2D eigenvalue weighted by atomic mass is 9.93. The molecule has 0 unspecified atom stereocenters. The van der Waals surface area contributed by atoms with Gasteiger partial charge in [-0.2, -0.15) is 5.10 Å². The molecule has 0 radical (unpaired) electrons. The van der Waals surface area contributed by atoms with Crippen LogP contribution in [0.1, 0.15) is 24.0 Å². The highest BCUT2D eigenvalue weighted by atomic mass is 16.5. The molecule has 0 atom stereocenters. The van der Waals surface area contributed by atoms with Crippen molar-refractivity contribution in [2.24, 2.45) is 0 Å². The van der Waals surface area contributed by atoms with Gasteiger partial charge in [0.15, 0.2) is 0 Å². The van der Waals surface area contributed by atoms with Crippen LogP contribution in [0.25, 0.3) is 27.7 Å². The first-order chi connectivity index (χ1) is 16.7. The Morgan fingerprint density at radius 3 is 2.79 bits per heavy atom. The molecule has 0 spiro atoms. The van der Waals surface area contributed by atoms with E-state index < -0.39 is 6.09 Å². The number of nitrogens with one attached hydrogen (secondary N) is 2. The van der Waals surface area contributed by atoms with Gasteiger partial charge in [-0.25, -0.2) is 4.79 Å². The van der Waals surface area contributed by atoms with E-state index in [4.69, 9.17) is 14.2 Å². The molecule has 176 valence electrons. The molecule has 1 aromatic heterocycles. The summed E-state index contributed by atoms with van der Waals surface area (Å²) in [7, 11) is 0. The number of fused-ring (bicyclic) bond motifs is 4. The van der Waals surface area contributed by atoms with Crippen LogP contribution in [0, 0.1) is 0 Å².